The maximum atomic E-state index is 12.3. The van der Waals surface area contributed by atoms with Crippen molar-refractivity contribution < 1.29 is 4.79 Å². The van der Waals surface area contributed by atoms with Gasteiger partial charge in [-0.2, -0.15) is 0 Å². The van der Waals surface area contributed by atoms with Crippen LogP contribution in [0.2, 0.25) is 0 Å². The summed E-state index contributed by atoms with van der Waals surface area (Å²) in [6.07, 6.45) is 9.50. The normalized spacial score (nSPS) is 29.3. The van der Waals surface area contributed by atoms with E-state index in [0.29, 0.717) is 11.9 Å². The molecule has 0 aromatic carbocycles. The van der Waals surface area contributed by atoms with Gasteiger partial charge >= 0.3 is 0 Å². The number of carbonyl (C=O) groups excluding carboxylic acids is 1. The molecule has 2 unspecified atom stereocenters. The highest BCUT2D eigenvalue weighted by Gasteiger charge is 2.23. The van der Waals surface area contributed by atoms with E-state index in [0.717, 1.165) is 32.0 Å². The summed E-state index contributed by atoms with van der Waals surface area (Å²) in [4.78, 5) is 14.4. The van der Waals surface area contributed by atoms with E-state index in [-0.39, 0.29) is 0 Å². The molecule has 2 aliphatic heterocycles. The van der Waals surface area contributed by atoms with Crippen LogP contribution in [0, 0.1) is 5.92 Å². The van der Waals surface area contributed by atoms with Crippen molar-refractivity contribution in [2.75, 3.05) is 19.6 Å². The van der Waals surface area contributed by atoms with Crippen molar-refractivity contribution in [3.8, 4) is 0 Å². The van der Waals surface area contributed by atoms with Crippen molar-refractivity contribution in [1.82, 2.24) is 10.2 Å². The molecule has 0 saturated carbocycles. The SMILES string of the molecule is CCCC1CCCN(C(=O)CC2CCCN2)CC1. The highest BCUT2D eigenvalue weighted by Crippen LogP contribution is 2.22. The molecule has 0 aromatic heterocycles. The van der Waals surface area contributed by atoms with E-state index in [2.05, 4.69) is 17.1 Å². The van der Waals surface area contributed by atoms with Gasteiger partial charge in [0, 0.05) is 25.6 Å². The van der Waals surface area contributed by atoms with Crippen LogP contribution >= 0.6 is 0 Å². The topological polar surface area (TPSA) is 32.3 Å². The van der Waals surface area contributed by atoms with Crippen molar-refractivity contribution in [3.05, 3.63) is 0 Å². The molecule has 1 amide bonds. The zero-order chi connectivity index (χ0) is 12.8. The molecule has 2 saturated heterocycles. The Hall–Kier alpha value is -0.570. The van der Waals surface area contributed by atoms with Crippen LogP contribution in [0.3, 0.4) is 0 Å². The molecule has 1 N–H and O–H groups in total. The number of nitrogens with one attached hydrogen (secondary N) is 1. The minimum Gasteiger partial charge on any atom is -0.343 e. The number of amides is 1. The van der Waals surface area contributed by atoms with E-state index in [1.807, 2.05) is 0 Å². The summed E-state index contributed by atoms with van der Waals surface area (Å²) in [6.45, 7) is 5.35. The number of nitrogens with zero attached hydrogens (tertiary/aromatic N) is 1. The highest BCUT2D eigenvalue weighted by atomic mass is 16.2. The first kappa shape index (κ1) is 13.9. The summed E-state index contributed by atoms with van der Waals surface area (Å²) in [5.41, 5.74) is 0. The third kappa shape index (κ3) is 3.98. The molecule has 3 nitrogen and oxygen atoms in total. The predicted octanol–water partition coefficient (Wildman–Crippen LogP) is 2.56. The van der Waals surface area contributed by atoms with Crippen LogP contribution in [-0.2, 0) is 4.79 Å². The van der Waals surface area contributed by atoms with Crippen LogP contribution in [0.15, 0.2) is 0 Å². The third-order valence-electron chi connectivity index (χ3n) is 4.48. The molecule has 2 aliphatic rings. The molecule has 18 heavy (non-hydrogen) atoms. The van der Waals surface area contributed by atoms with Gasteiger partial charge in [-0.05, 0) is 44.6 Å². The molecule has 0 bridgehead atoms. The largest absolute Gasteiger partial charge is 0.343 e. The van der Waals surface area contributed by atoms with E-state index in [9.17, 15) is 4.79 Å². The Morgan fingerprint density at radius 1 is 1.22 bits per heavy atom. The second kappa shape index (κ2) is 7.13. The van der Waals surface area contributed by atoms with Gasteiger partial charge in [-0.1, -0.05) is 19.8 Å². The van der Waals surface area contributed by atoms with E-state index >= 15 is 0 Å². The van der Waals surface area contributed by atoms with Crippen LogP contribution < -0.4 is 5.32 Å². The van der Waals surface area contributed by atoms with Gasteiger partial charge in [0.2, 0.25) is 5.91 Å². The van der Waals surface area contributed by atoms with Crippen molar-refractivity contribution in [3.63, 3.8) is 0 Å². The maximum Gasteiger partial charge on any atom is 0.224 e. The highest BCUT2D eigenvalue weighted by molar-refractivity contribution is 5.76. The molecule has 2 heterocycles. The molecule has 2 fully saturated rings. The third-order valence-corrected chi connectivity index (χ3v) is 4.48. The molecular weight excluding hydrogens is 224 g/mol. The Morgan fingerprint density at radius 2 is 2.11 bits per heavy atom. The van der Waals surface area contributed by atoms with Crippen molar-refractivity contribution in [2.45, 2.75) is 64.3 Å². The lowest BCUT2D eigenvalue weighted by molar-refractivity contribution is -0.131. The molecule has 104 valence electrons. The standard InChI is InChI=1S/C15H28N2O/c1-2-5-13-6-4-10-17(11-8-13)15(18)12-14-7-3-9-16-14/h13-14,16H,2-12H2,1H3. The number of likely N-dealkylation sites (tertiary alicyclic amines) is 1. The minimum atomic E-state index is 0.381. The van der Waals surface area contributed by atoms with Crippen molar-refractivity contribution in [1.29, 1.82) is 0 Å². The molecular formula is C15H28N2O. The summed E-state index contributed by atoms with van der Waals surface area (Å²) < 4.78 is 0. The van der Waals surface area contributed by atoms with Gasteiger partial charge in [0.25, 0.3) is 0 Å². The van der Waals surface area contributed by atoms with E-state index in [1.54, 1.807) is 0 Å². The lowest BCUT2D eigenvalue weighted by atomic mass is 9.96. The van der Waals surface area contributed by atoms with Gasteiger partial charge in [0.1, 0.15) is 0 Å². The molecule has 3 heteroatoms. The summed E-state index contributed by atoms with van der Waals surface area (Å²) >= 11 is 0. The number of hydrogen-bond donors (Lipinski definition) is 1. The summed E-state index contributed by atoms with van der Waals surface area (Å²) in [5.74, 6) is 1.24. The van der Waals surface area contributed by atoms with Crippen LogP contribution in [0.5, 0.6) is 0 Å². The Morgan fingerprint density at radius 3 is 2.83 bits per heavy atom. The molecule has 0 aromatic rings. The predicted molar refractivity (Wildman–Crippen MR) is 74.5 cm³/mol. The van der Waals surface area contributed by atoms with Gasteiger partial charge in [0.05, 0.1) is 0 Å². The number of hydrogen-bond acceptors (Lipinski definition) is 2. The van der Waals surface area contributed by atoms with Gasteiger partial charge in [-0.15, -0.1) is 0 Å². The van der Waals surface area contributed by atoms with Crippen molar-refractivity contribution in [2.24, 2.45) is 5.92 Å². The molecule has 0 spiro atoms. The Kier molecular flexibility index (Phi) is 5.48. The van der Waals surface area contributed by atoms with Gasteiger partial charge in [0.15, 0.2) is 0 Å². The van der Waals surface area contributed by atoms with E-state index in [1.165, 1.54) is 44.9 Å². The zero-order valence-electron chi connectivity index (χ0n) is 11.8. The second-order valence-electron chi connectivity index (χ2n) is 5.96. The first-order valence-corrected chi connectivity index (χ1v) is 7.80. The Balaban J connectivity index is 1.76. The van der Waals surface area contributed by atoms with Crippen LogP contribution in [-0.4, -0.2) is 36.5 Å². The van der Waals surface area contributed by atoms with E-state index < -0.39 is 0 Å². The zero-order valence-corrected chi connectivity index (χ0v) is 11.8. The van der Waals surface area contributed by atoms with Crippen LogP contribution in [0.1, 0.15) is 58.3 Å². The fourth-order valence-corrected chi connectivity index (χ4v) is 3.38. The molecule has 2 rings (SSSR count). The summed E-state index contributed by atoms with van der Waals surface area (Å²) in [7, 11) is 0. The second-order valence-corrected chi connectivity index (χ2v) is 5.96. The van der Waals surface area contributed by atoms with Gasteiger partial charge in [-0.25, -0.2) is 0 Å². The average molecular weight is 252 g/mol. The monoisotopic (exact) mass is 252 g/mol. The van der Waals surface area contributed by atoms with Gasteiger partial charge < -0.3 is 10.2 Å². The van der Waals surface area contributed by atoms with E-state index in [4.69, 9.17) is 0 Å². The van der Waals surface area contributed by atoms with Crippen molar-refractivity contribution >= 4 is 5.91 Å². The first-order chi connectivity index (χ1) is 8.79. The van der Waals surface area contributed by atoms with Gasteiger partial charge in [-0.3, -0.25) is 4.79 Å². The quantitative estimate of drug-likeness (QED) is 0.834. The summed E-state index contributed by atoms with van der Waals surface area (Å²) in [5, 5.41) is 3.42. The lowest BCUT2D eigenvalue weighted by Gasteiger charge is -2.22. The number of carbonyl (C=O) groups is 1. The van der Waals surface area contributed by atoms with Crippen LogP contribution in [0.4, 0.5) is 0 Å². The Bertz CT molecular complexity index is 261. The first-order valence-electron chi connectivity index (χ1n) is 7.80. The smallest absolute Gasteiger partial charge is 0.224 e. The van der Waals surface area contributed by atoms with Crippen LogP contribution in [0.25, 0.3) is 0 Å². The lowest BCUT2D eigenvalue weighted by Crippen LogP contribution is -2.36. The maximum absolute atomic E-state index is 12.3. The molecule has 0 radical (unpaired) electrons. The fraction of sp³-hybridized carbons (Fsp3) is 0.933. The number of rotatable bonds is 4. The minimum absolute atomic E-state index is 0.381. The average Bonchev–Trinajstić information content (AvgIpc) is 2.74. The molecule has 2 atom stereocenters. The molecule has 0 aliphatic carbocycles. The Labute approximate surface area is 111 Å². The summed E-state index contributed by atoms with van der Waals surface area (Å²) in [6, 6.07) is 0.451. The fourth-order valence-electron chi connectivity index (χ4n) is 3.38.